The van der Waals surface area contributed by atoms with Gasteiger partial charge in [-0.05, 0) is 24.7 Å². The molecule has 1 aliphatic heterocycles. The predicted octanol–water partition coefficient (Wildman–Crippen LogP) is 0.705. The molecule has 0 radical (unpaired) electrons. The lowest BCUT2D eigenvalue weighted by atomic mass is 9.96. The second kappa shape index (κ2) is 10.7. The number of amides is 5. The van der Waals surface area contributed by atoms with E-state index < -0.39 is 43.5 Å². The van der Waals surface area contributed by atoms with Crippen molar-refractivity contribution in [3.8, 4) is 0 Å². The summed E-state index contributed by atoms with van der Waals surface area (Å²) in [5.74, 6) is -2.01. The summed E-state index contributed by atoms with van der Waals surface area (Å²) in [4.78, 5) is 59.4. The molecule has 0 spiro atoms. The maximum absolute atomic E-state index is 12.9. The van der Waals surface area contributed by atoms with Gasteiger partial charge in [0, 0.05) is 19.1 Å². The Morgan fingerprint density at radius 2 is 1.72 bits per heavy atom. The fourth-order valence-electron chi connectivity index (χ4n) is 3.22. The molecule has 0 aromatic carbocycles. The van der Waals surface area contributed by atoms with Crippen LogP contribution in [0.25, 0.3) is 0 Å². The summed E-state index contributed by atoms with van der Waals surface area (Å²) in [5, 5.41) is 7.51. The monoisotopic (exact) mass is 432 g/mol. The molecule has 1 aliphatic rings. The van der Waals surface area contributed by atoms with Crippen molar-refractivity contribution < 1.29 is 28.6 Å². The first kappa shape index (κ1) is 25.1. The van der Waals surface area contributed by atoms with E-state index in [0.29, 0.717) is 17.7 Å². The first-order valence-corrected chi connectivity index (χ1v) is 11.8. The molecule has 0 aromatic rings. The zero-order chi connectivity index (χ0) is 22.4. The molecule has 10 nitrogen and oxygen atoms in total. The summed E-state index contributed by atoms with van der Waals surface area (Å²) < 4.78 is 12.7. The maximum atomic E-state index is 12.9. The van der Waals surface area contributed by atoms with Crippen molar-refractivity contribution in [2.75, 3.05) is 26.0 Å². The number of hydrogen-bond donors (Lipinski definition) is 4. The van der Waals surface area contributed by atoms with Crippen molar-refractivity contribution in [1.29, 1.82) is 0 Å². The Bertz CT molecular complexity index is 665. The maximum Gasteiger partial charge on any atom is 0.325 e. The zero-order valence-corrected chi connectivity index (χ0v) is 18.6. The molecule has 29 heavy (non-hydrogen) atoms. The third-order valence-corrected chi connectivity index (χ3v) is 6.25. The summed E-state index contributed by atoms with van der Waals surface area (Å²) in [6, 6.07) is -1.46. The van der Waals surface area contributed by atoms with E-state index in [1.54, 1.807) is 0 Å². The van der Waals surface area contributed by atoms with Crippen LogP contribution in [0.1, 0.15) is 40.5 Å². The number of urea groups is 1. The standard InChI is InChI=1S/C18H33N4O6P/c1-11(2)6-13(16(24)21-14(7-12(3)4)17(25)19-5)9-29(27,28)10-22-15(23)8-20-18(22)26/h11-14H,6-10H2,1-5H3,(H,19,25)(H,20,26)(H,21,24)(H,27,28)/t13-,14+/m1/s1. The zero-order valence-electron chi connectivity index (χ0n) is 17.7. The van der Waals surface area contributed by atoms with Gasteiger partial charge >= 0.3 is 6.03 Å². The lowest BCUT2D eigenvalue weighted by Crippen LogP contribution is -2.49. The van der Waals surface area contributed by atoms with Crippen molar-refractivity contribution in [3.05, 3.63) is 0 Å². The fraction of sp³-hybridized carbons (Fsp3) is 0.778. The lowest BCUT2D eigenvalue weighted by molar-refractivity contribution is -0.131. The number of rotatable bonds is 11. The molecule has 1 fully saturated rings. The third-order valence-electron chi connectivity index (χ3n) is 4.52. The molecule has 0 aromatic heterocycles. The quantitative estimate of drug-likeness (QED) is 0.279. The van der Waals surface area contributed by atoms with Crippen LogP contribution < -0.4 is 16.0 Å². The van der Waals surface area contributed by atoms with E-state index in [1.807, 2.05) is 27.7 Å². The summed E-state index contributed by atoms with van der Waals surface area (Å²) in [6.45, 7) is 7.40. The Morgan fingerprint density at radius 1 is 1.14 bits per heavy atom. The van der Waals surface area contributed by atoms with Gasteiger partial charge in [-0.3, -0.25) is 23.8 Å². The number of carbonyl (C=O) groups is 4. The van der Waals surface area contributed by atoms with E-state index in [4.69, 9.17) is 0 Å². The minimum absolute atomic E-state index is 0.0611. The third kappa shape index (κ3) is 8.14. The Hall–Kier alpha value is -1.93. The molecule has 0 saturated carbocycles. The molecule has 11 heteroatoms. The number of nitrogens with zero attached hydrogens (tertiary/aromatic N) is 1. The molecule has 4 N–H and O–H groups in total. The number of carbonyl (C=O) groups excluding carboxylic acids is 4. The Morgan fingerprint density at radius 3 is 2.17 bits per heavy atom. The van der Waals surface area contributed by atoms with Gasteiger partial charge in [0.2, 0.25) is 19.2 Å². The van der Waals surface area contributed by atoms with Crippen molar-refractivity contribution in [1.82, 2.24) is 20.9 Å². The molecule has 0 aliphatic carbocycles. The fourth-order valence-corrected chi connectivity index (χ4v) is 5.07. The number of likely N-dealkylation sites (N-methyl/N-ethyl adjacent to an activating group) is 1. The second-order valence-electron chi connectivity index (χ2n) is 8.28. The highest BCUT2D eigenvalue weighted by atomic mass is 31.2. The van der Waals surface area contributed by atoms with Crippen molar-refractivity contribution >= 4 is 31.1 Å². The number of imide groups is 1. The van der Waals surface area contributed by atoms with Crippen molar-refractivity contribution in [3.63, 3.8) is 0 Å². The molecular weight excluding hydrogens is 399 g/mol. The molecule has 1 rings (SSSR count). The highest BCUT2D eigenvalue weighted by Gasteiger charge is 2.38. The van der Waals surface area contributed by atoms with Crippen molar-refractivity contribution in [2.45, 2.75) is 46.6 Å². The van der Waals surface area contributed by atoms with Gasteiger partial charge in [-0.2, -0.15) is 0 Å². The van der Waals surface area contributed by atoms with Crippen LogP contribution in [-0.4, -0.2) is 65.6 Å². The number of hydrogen-bond acceptors (Lipinski definition) is 5. The Balaban J connectivity index is 2.92. The molecule has 1 unspecified atom stereocenters. The summed E-state index contributed by atoms with van der Waals surface area (Å²) in [6.07, 6.45) is -0.252. The van der Waals surface area contributed by atoms with Gasteiger partial charge in [-0.25, -0.2) is 4.79 Å². The van der Waals surface area contributed by atoms with Crippen LogP contribution >= 0.6 is 7.37 Å². The molecule has 166 valence electrons. The predicted molar refractivity (Wildman–Crippen MR) is 108 cm³/mol. The summed E-state index contributed by atoms with van der Waals surface area (Å²) >= 11 is 0. The Kier molecular flexibility index (Phi) is 9.29. The van der Waals surface area contributed by atoms with E-state index in [2.05, 4.69) is 16.0 Å². The van der Waals surface area contributed by atoms with E-state index in [0.717, 1.165) is 0 Å². The van der Waals surface area contributed by atoms with Crippen LogP contribution in [0.15, 0.2) is 0 Å². The topological polar surface area (TPSA) is 145 Å². The van der Waals surface area contributed by atoms with E-state index in [-0.39, 0.29) is 30.4 Å². The SMILES string of the molecule is CNC(=O)[C@H](CC(C)C)NC(=O)[C@H](CC(C)C)CP(=O)(O)CN1C(=O)CNC1=O. The molecule has 1 saturated heterocycles. The lowest BCUT2D eigenvalue weighted by Gasteiger charge is -2.26. The molecule has 5 amide bonds. The van der Waals surface area contributed by atoms with Crippen LogP contribution in [-0.2, 0) is 18.9 Å². The van der Waals surface area contributed by atoms with Gasteiger partial charge < -0.3 is 20.8 Å². The smallest absolute Gasteiger partial charge is 0.325 e. The summed E-state index contributed by atoms with van der Waals surface area (Å²) in [7, 11) is -2.52. The van der Waals surface area contributed by atoms with E-state index >= 15 is 0 Å². The van der Waals surface area contributed by atoms with Crippen molar-refractivity contribution in [2.24, 2.45) is 17.8 Å². The average molecular weight is 432 g/mol. The normalized spacial score (nSPS) is 18.4. The highest BCUT2D eigenvalue weighted by molar-refractivity contribution is 7.58. The van der Waals surface area contributed by atoms with Gasteiger partial charge in [0.15, 0.2) is 0 Å². The van der Waals surface area contributed by atoms with Gasteiger partial charge in [0.1, 0.15) is 12.3 Å². The van der Waals surface area contributed by atoms with Gasteiger partial charge in [0.05, 0.1) is 6.54 Å². The van der Waals surface area contributed by atoms with Gasteiger partial charge in [0.25, 0.3) is 5.91 Å². The first-order valence-electron chi connectivity index (χ1n) is 9.77. The first-order chi connectivity index (χ1) is 13.4. The average Bonchev–Trinajstić information content (AvgIpc) is 2.90. The van der Waals surface area contributed by atoms with Crippen LogP contribution in [0.2, 0.25) is 0 Å². The number of nitrogens with one attached hydrogen (secondary N) is 3. The Labute approximate surface area is 171 Å². The van der Waals surface area contributed by atoms with E-state index in [1.165, 1.54) is 7.05 Å². The van der Waals surface area contributed by atoms with Gasteiger partial charge in [-0.15, -0.1) is 0 Å². The van der Waals surface area contributed by atoms with E-state index in [9.17, 15) is 28.6 Å². The summed E-state index contributed by atoms with van der Waals surface area (Å²) in [5.41, 5.74) is 0. The molecular formula is C18H33N4O6P. The van der Waals surface area contributed by atoms with Crippen LogP contribution in [0.5, 0.6) is 0 Å². The van der Waals surface area contributed by atoms with Crippen LogP contribution in [0.4, 0.5) is 4.79 Å². The minimum Gasteiger partial charge on any atom is -0.357 e. The largest absolute Gasteiger partial charge is 0.357 e. The molecule has 0 bridgehead atoms. The van der Waals surface area contributed by atoms with Crippen LogP contribution in [0.3, 0.4) is 0 Å². The molecule has 1 heterocycles. The second-order valence-corrected chi connectivity index (χ2v) is 10.6. The minimum atomic E-state index is -4.00. The van der Waals surface area contributed by atoms with Crippen LogP contribution in [0, 0.1) is 17.8 Å². The highest BCUT2D eigenvalue weighted by Crippen LogP contribution is 2.44. The van der Waals surface area contributed by atoms with Gasteiger partial charge in [-0.1, -0.05) is 27.7 Å². The molecule has 3 atom stereocenters.